The van der Waals surface area contributed by atoms with Crippen molar-refractivity contribution in [1.29, 1.82) is 0 Å². The van der Waals surface area contributed by atoms with Gasteiger partial charge in [-0.2, -0.15) is 0 Å². The summed E-state index contributed by atoms with van der Waals surface area (Å²) in [6.07, 6.45) is 0.698. The summed E-state index contributed by atoms with van der Waals surface area (Å²) in [5.41, 5.74) is 2.62. The van der Waals surface area contributed by atoms with Crippen LogP contribution in [0.15, 0.2) is 42.5 Å². The third-order valence-corrected chi connectivity index (χ3v) is 6.61. The van der Waals surface area contributed by atoms with Gasteiger partial charge in [-0.25, -0.2) is 0 Å². The van der Waals surface area contributed by atoms with Crippen molar-refractivity contribution in [3.63, 3.8) is 0 Å². The van der Waals surface area contributed by atoms with Crippen LogP contribution in [0.5, 0.6) is 11.5 Å². The maximum atomic E-state index is 13.8. The molecule has 1 N–H and O–H groups in total. The maximum Gasteiger partial charge on any atom is 0.255 e. The molecule has 1 aromatic heterocycles. The number of methoxy groups -OCH3 is 2. The van der Waals surface area contributed by atoms with Gasteiger partial charge >= 0.3 is 0 Å². The van der Waals surface area contributed by atoms with Crippen LogP contribution < -0.4 is 9.47 Å². The van der Waals surface area contributed by atoms with Crippen molar-refractivity contribution in [1.82, 2.24) is 14.8 Å². The number of aromatic amines is 1. The minimum Gasteiger partial charge on any atom is -0.497 e. The van der Waals surface area contributed by atoms with Crippen LogP contribution in [-0.2, 0) is 28.1 Å². The van der Waals surface area contributed by atoms with Crippen LogP contribution in [0, 0.1) is 0 Å². The molecule has 0 spiro atoms. The van der Waals surface area contributed by atoms with E-state index in [9.17, 15) is 9.59 Å². The van der Waals surface area contributed by atoms with Crippen LogP contribution in [0.25, 0.3) is 10.9 Å². The molecular formula is C24H25N3O4. The van der Waals surface area contributed by atoms with Crippen molar-refractivity contribution < 1.29 is 19.1 Å². The zero-order valence-corrected chi connectivity index (χ0v) is 17.9. The van der Waals surface area contributed by atoms with Gasteiger partial charge in [-0.3, -0.25) is 9.59 Å². The molecule has 1 saturated heterocycles. The van der Waals surface area contributed by atoms with Crippen LogP contribution in [0.1, 0.15) is 23.7 Å². The Bertz CT molecular complexity index is 1200. The Balaban J connectivity index is 1.59. The van der Waals surface area contributed by atoms with Gasteiger partial charge in [-0.05, 0) is 43.2 Å². The van der Waals surface area contributed by atoms with E-state index < -0.39 is 5.54 Å². The Labute approximate surface area is 180 Å². The molecule has 0 bridgehead atoms. The van der Waals surface area contributed by atoms with E-state index >= 15 is 0 Å². The summed E-state index contributed by atoms with van der Waals surface area (Å²) >= 11 is 0. The number of carbonyl (C=O) groups is 2. The lowest BCUT2D eigenvalue weighted by Crippen LogP contribution is -2.66. The number of rotatable bonds is 4. The minimum absolute atomic E-state index is 0.0427. The molecule has 0 unspecified atom stereocenters. The van der Waals surface area contributed by atoms with Gasteiger partial charge in [0.1, 0.15) is 18.0 Å². The maximum absolute atomic E-state index is 13.8. The normalized spacial score (nSPS) is 20.6. The van der Waals surface area contributed by atoms with Gasteiger partial charge in [0.15, 0.2) is 5.54 Å². The first-order valence-corrected chi connectivity index (χ1v) is 10.4. The number of H-pyrrole nitrogens is 1. The number of ether oxygens (including phenoxy) is 2. The van der Waals surface area contributed by atoms with Gasteiger partial charge in [0.25, 0.3) is 5.91 Å². The van der Waals surface area contributed by atoms with E-state index in [2.05, 4.69) is 4.98 Å². The third kappa shape index (κ3) is 2.80. The molecule has 31 heavy (non-hydrogen) atoms. The highest BCUT2D eigenvalue weighted by molar-refractivity contribution is 6.00. The summed E-state index contributed by atoms with van der Waals surface area (Å²) in [7, 11) is 3.25. The van der Waals surface area contributed by atoms with Crippen molar-refractivity contribution in [3.05, 3.63) is 59.3 Å². The zero-order chi connectivity index (χ0) is 21.8. The van der Waals surface area contributed by atoms with Crippen LogP contribution in [0.3, 0.4) is 0 Å². The smallest absolute Gasteiger partial charge is 0.255 e. The Hall–Kier alpha value is -3.48. The minimum atomic E-state index is -1.07. The first-order valence-electron chi connectivity index (χ1n) is 10.4. The lowest BCUT2D eigenvalue weighted by molar-refractivity contribution is -0.166. The third-order valence-electron chi connectivity index (χ3n) is 6.61. The van der Waals surface area contributed by atoms with Crippen molar-refractivity contribution in [2.24, 2.45) is 0 Å². The molecule has 3 heterocycles. The second-order valence-electron chi connectivity index (χ2n) is 8.23. The topological polar surface area (TPSA) is 74.9 Å². The highest BCUT2D eigenvalue weighted by Crippen LogP contribution is 2.43. The van der Waals surface area contributed by atoms with Crippen LogP contribution in [0.2, 0.25) is 0 Å². The van der Waals surface area contributed by atoms with Crippen molar-refractivity contribution in [3.8, 4) is 11.5 Å². The summed E-state index contributed by atoms with van der Waals surface area (Å²) in [5, 5.41) is 1.04. The monoisotopic (exact) mass is 419 g/mol. The number of benzene rings is 2. The molecule has 0 aliphatic carbocycles. The van der Waals surface area contributed by atoms with Gasteiger partial charge in [-0.15, -0.1) is 0 Å². The molecule has 0 radical (unpaired) electrons. The van der Waals surface area contributed by atoms with Gasteiger partial charge in [0, 0.05) is 29.6 Å². The van der Waals surface area contributed by atoms with Gasteiger partial charge in [-0.1, -0.05) is 18.2 Å². The number of aromatic nitrogens is 1. The highest BCUT2D eigenvalue weighted by Gasteiger charge is 2.54. The van der Waals surface area contributed by atoms with E-state index in [1.807, 2.05) is 49.4 Å². The Morgan fingerprint density at radius 2 is 1.90 bits per heavy atom. The summed E-state index contributed by atoms with van der Waals surface area (Å²) in [6.45, 7) is 2.75. The number of fused-ring (bicyclic) bond motifs is 5. The first kappa shape index (κ1) is 19.5. The van der Waals surface area contributed by atoms with Crippen molar-refractivity contribution in [2.75, 3.05) is 27.3 Å². The predicted octanol–water partition coefficient (Wildman–Crippen LogP) is 2.83. The molecule has 2 aliphatic rings. The predicted molar refractivity (Wildman–Crippen MR) is 116 cm³/mol. The molecular weight excluding hydrogens is 394 g/mol. The molecule has 1 fully saturated rings. The average molecular weight is 419 g/mol. The van der Waals surface area contributed by atoms with E-state index in [1.165, 1.54) is 0 Å². The number of hydrogen-bond acceptors (Lipinski definition) is 4. The standard InChI is InChI=1S/C24H25N3O4/c1-24-22-17(18-12-16(30-2)8-9-19(18)25-22)10-11-27(24)21(28)14-26(23(24)29)13-15-6-4-5-7-20(15)31-3/h4-9,12,25H,10-11,13-14H2,1-3H3/t24-/m1/s1. The summed E-state index contributed by atoms with van der Waals surface area (Å²) in [6, 6.07) is 13.4. The number of hydrogen-bond donors (Lipinski definition) is 1. The lowest BCUT2D eigenvalue weighted by atomic mass is 9.83. The largest absolute Gasteiger partial charge is 0.497 e. The highest BCUT2D eigenvalue weighted by atomic mass is 16.5. The fourth-order valence-electron chi connectivity index (χ4n) is 5.00. The Morgan fingerprint density at radius 3 is 2.68 bits per heavy atom. The molecule has 7 nitrogen and oxygen atoms in total. The molecule has 2 aromatic carbocycles. The van der Waals surface area contributed by atoms with Crippen molar-refractivity contribution in [2.45, 2.75) is 25.4 Å². The molecule has 1 atom stereocenters. The van der Waals surface area contributed by atoms with E-state index in [0.29, 0.717) is 25.3 Å². The molecule has 7 heteroatoms. The van der Waals surface area contributed by atoms with Crippen LogP contribution in [0.4, 0.5) is 0 Å². The average Bonchev–Trinajstić information content (AvgIpc) is 3.17. The Morgan fingerprint density at radius 1 is 1.10 bits per heavy atom. The summed E-state index contributed by atoms with van der Waals surface area (Å²) < 4.78 is 10.8. The Kier molecular flexibility index (Phi) is 4.43. The molecule has 2 amide bonds. The molecule has 3 aromatic rings. The number of nitrogens with one attached hydrogen (secondary N) is 1. The number of piperazine rings is 1. The summed E-state index contributed by atoms with van der Waals surface area (Å²) in [4.78, 5) is 33.8. The van der Waals surface area contributed by atoms with E-state index in [4.69, 9.17) is 9.47 Å². The number of carbonyl (C=O) groups excluding carboxylic acids is 2. The fourth-order valence-corrected chi connectivity index (χ4v) is 5.00. The van der Waals surface area contributed by atoms with Gasteiger partial charge < -0.3 is 24.3 Å². The fraction of sp³-hybridized carbons (Fsp3) is 0.333. The van der Waals surface area contributed by atoms with E-state index in [0.717, 1.165) is 33.5 Å². The van der Waals surface area contributed by atoms with Crippen LogP contribution in [-0.4, -0.2) is 53.9 Å². The molecule has 2 aliphatic heterocycles. The quantitative estimate of drug-likeness (QED) is 0.706. The second-order valence-corrected chi connectivity index (χ2v) is 8.23. The molecule has 0 saturated carbocycles. The number of amides is 2. The van der Waals surface area contributed by atoms with E-state index in [-0.39, 0.29) is 18.4 Å². The lowest BCUT2D eigenvalue weighted by Gasteiger charge is -2.49. The molecule has 160 valence electrons. The zero-order valence-electron chi connectivity index (χ0n) is 17.9. The van der Waals surface area contributed by atoms with Gasteiger partial charge in [0.05, 0.1) is 19.9 Å². The number of para-hydroxylation sites is 1. The second kappa shape index (κ2) is 7.04. The number of nitrogens with zero attached hydrogens (tertiary/aromatic N) is 2. The van der Waals surface area contributed by atoms with Gasteiger partial charge in [0.2, 0.25) is 5.91 Å². The molecule has 5 rings (SSSR count). The SMILES string of the molecule is COc1ccc2[nH]c3c(c2c1)CCN1C(=O)CN(Cc2ccccc2OC)C(=O)[C@@]31C. The van der Waals surface area contributed by atoms with E-state index in [1.54, 1.807) is 24.0 Å². The van der Waals surface area contributed by atoms with Crippen LogP contribution >= 0.6 is 0 Å². The van der Waals surface area contributed by atoms with Crippen molar-refractivity contribution >= 4 is 22.7 Å². The first-order chi connectivity index (χ1) is 15.0. The summed E-state index contributed by atoms with van der Waals surface area (Å²) in [5.74, 6) is 1.35.